The summed E-state index contributed by atoms with van der Waals surface area (Å²) in [5, 5.41) is 13.8. The number of thiocarbonyl (C=S) groups is 1. The molecule has 5 rings (SSSR count). The number of hydrogen-bond acceptors (Lipinski definition) is 4. The summed E-state index contributed by atoms with van der Waals surface area (Å²) < 4.78 is 7.73. The van der Waals surface area contributed by atoms with Crippen molar-refractivity contribution in [2.24, 2.45) is 0 Å². The molecule has 0 radical (unpaired) electrons. The normalized spacial score (nSPS) is 18.5. The summed E-state index contributed by atoms with van der Waals surface area (Å²) in [6.07, 6.45) is 5.52. The van der Waals surface area contributed by atoms with Crippen molar-refractivity contribution in [1.82, 2.24) is 14.9 Å². The number of phenolic OH excluding ortho intramolecular Hbond substituents is 1. The number of phenols is 1. The zero-order valence-electron chi connectivity index (χ0n) is 16.1. The summed E-state index contributed by atoms with van der Waals surface area (Å²) in [5.74, 6) is 1.10. The predicted octanol–water partition coefficient (Wildman–Crippen LogP) is 4.41. The predicted molar refractivity (Wildman–Crippen MR) is 118 cm³/mol. The van der Waals surface area contributed by atoms with Crippen LogP contribution in [-0.2, 0) is 6.54 Å². The number of hydrogen-bond donors (Lipinski definition) is 2. The van der Waals surface area contributed by atoms with Crippen molar-refractivity contribution >= 4 is 23.0 Å². The van der Waals surface area contributed by atoms with Gasteiger partial charge in [-0.15, -0.1) is 0 Å². The SMILES string of the molecule is Oc1ccc(N2C(=S)N[C@H](c3ccccn3)[C@H]2c2cccn2Cc2ccco2)cc1. The van der Waals surface area contributed by atoms with E-state index >= 15 is 0 Å². The van der Waals surface area contributed by atoms with Crippen LogP contribution < -0.4 is 10.2 Å². The third-order valence-electron chi connectivity index (χ3n) is 5.30. The number of benzene rings is 1. The van der Waals surface area contributed by atoms with E-state index in [-0.39, 0.29) is 17.8 Å². The highest BCUT2D eigenvalue weighted by molar-refractivity contribution is 7.80. The second-order valence-electron chi connectivity index (χ2n) is 7.15. The molecule has 150 valence electrons. The Bertz CT molecular complexity index is 1140. The van der Waals surface area contributed by atoms with Gasteiger partial charge < -0.3 is 24.3 Å². The fraction of sp³-hybridized carbons (Fsp3) is 0.130. The Kier molecular flexibility index (Phi) is 4.72. The summed E-state index contributed by atoms with van der Waals surface area (Å²) in [6.45, 7) is 0.622. The molecule has 30 heavy (non-hydrogen) atoms. The third kappa shape index (κ3) is 3.33. The van der Waals surface area contributed by atoms with E-state index in [9.17, 15) is 5.11 Å². The molecule has 1 aromatic carbocycles. The lowest BCUT2D eigenvalue weighted by molar-refractivity contribution is 0.473. The lowest BCUT2D eigenvalue weighted by Gasteiger charge is -2.29. The Morgan fingerprint density at radius 2 is 1.90 bits per heavy atom. The number of aromatic hydroxyl groups is 1. The number of pyridine rings is 1. The van der Waals surface area contributed by atoms with Crippen molar-refractivity contribution in [3.63, 3.8) is 0 Å². The van der Waals surface area contributed by atoms with E-state index in [0.717, 1.165) is 22.8 Å². The number of nitrogens with one attached hydrogen (secondary N) is 1. The fourth-order valence-electron chi connectivity index (χ4n) is 3.96. The standard InChI is InChI=1S/C23H20N4O2S/c28-17-10-8-16(9-11-17)27-22(21(25-23(27)30)19-6-1-2-12-24-19)20-7-3-13-26(20)15-18-5-4-14-29-18/h1-14,21-22,28H,15H2,(H,25,30)/t21-,22-/m1/s1. The van der Waals surface area contributed by atoms with E-state index in [0.29, 0.717) is 11.7 Å². The van der Waals surface area contributed by atoms with Crippen molar-refractivity contribution in [2.45, 2.75) is 18.6 Å². The van der Waals surface area contributed by atoms with Crippen LogP contribution in [0.2, 0.25) is 0 Å². The summed E-state index contributed by atoms with van der Waals surface area (Å²) in [4.78, 5) is 6.67. The highest BCUT2D eigenvalue weighted by Gasteiger charge is 2.42. The topological polar surface area (TPSA) is 66.5 Å². The minimum Gasteiger partial charge on any atom is -0.508 e. The second kappa shape index (κ2) is 7.68. The lowest BCUT2D eigenvalue weighted by atomic mass is 10.0. The highest BCUT2D eigenvalue weighted by Crippen LogP contribution is 2.42. The van der Waals surface area contributed by atoms with Crippen LogP contribution >= 0.6 is 12.2 Å². The van der Waals surface area contributed by atoms with E-state index in [2.05, 4.69) is 25.8 Å². The van der Waals surface area contributed by atoms with Crippen LogP contribution in [-0.4, -0.2) is 19.8 Å². The number of aromatic nitrogens is 2. The maximum Gasteiger partial charge on any atom is 0.174 e. The van der Waals surface area contributed by atoms with Gasteiger partial charge in [-0.1, -0.05) is 6.07 Å². The molecule has 6 nitrogen and oxygen atoms in total. The zero-order valence-corrected chi connectivity index (χ0v) is 16.9. The van der Waals surface area contributed by atoms with Gasteiger partial charge in [-0.2, -0.15) is 0 Å². The first kappa shape index (κ1) is 18.4. The number of nitrogens with zero attached hydrogens (tertiary/aromatic N) is 3. The van der Waals surface area contributed by atoms with Crippen LogP contribution in [0, 0.1) is 0 Å². The van der Waals surface area contributed by atoms with Crippen molar-refractivity contribution in [3.8, 4) is 5.75 Å². The first-order chi connectivity index (χ1) is 14.7. The molecule has 7 heteroatoms. The largest absolute Gasteiger partial charge is 0.508 e. The van der Waals surface area contributed by atoms with Gasteiger partial charge in [0.25, 0.3) is 0 Å². The van der Waals surface area contributed by atoms with Crippen LogP contribution in [0.25, 0.3) is 0 Å². The van der Waals surface area contributed by atoms with Crippen LogP contribution in [0.15, 0.2) is 89.8 Å². The van der Waals surface area contributed by atoms with Crippen LogP contribution in [0.4, 0.5) is 5.69 Å². The van der Waals surface area contributed by atoms with Gasteiger partial charge in [-0.25, -0.2) is 0 Å². The summed E-state index contributed by atoms with van der Waals surface area (Å²) in [5.41, 5.74) is 2.90. The Balaban J connectivity index is 1.60. The van der Waals surface area contributed by atoms with Crippen LogP contribution in [0.3, 0.4) is 0 Å². The fourth-order valence-corrected chi connectivity index (χ4v) is 4.30. The lowest BCUT2D eigenvalue weighted by Crippen LogP contribution is -2.30. The number of anilines is 1. The van der Waals surface area contributed by atoms with Gasteiger partial charge >= 0.3 is 0 Å². The van der Waals surface area contributed by atoms with Crippen molar-refractivity contribution in [3.05, 3.63) is 103 Å². The summed E-state index contributed by atoms with van der Waals surface area (Å²) in [6, 6.07) is 20.7. The first-order valence-electron chi connectivity index (χ1n) is 9.68. The minimum atomic E-state index is -0.127. The third-order valence-corrected chi connectivity index (χ3v) is 5.61. The van der Waals surface area contributed by atoms with E-state index in [1.807, 2.05) is 54.7 Å². The Morgan fingerprint density at radius 1 is 1.03 bits per heavy atom. The van der Waals surface area contributed by atoms with Crippen molar-refractivity contribution in [2.75, 3.05) is 4.90 Å². The Labute approximate surface area is 179 Å². The van der Waals surface area contributed by atoms with E-state index in [1.54, 1.807) is 24.6 Å². The first-order valence-corrected chi connectivity index (χ1v) is 10.1. The van der Waals surface area contributed by atoms with Crippen LogP contribution in [0.5, 0.6) is 5.75 Å². The van der Waals surface area contributed by atoms with E-state index in [1.165, 1.54) is 0 Å². The number of furan rings is 1. The molecule has 2 atom stereocenters. The molecule has 2 N–H and O–H groups in total. The zero-order chi connectivity index (χ0) is 20.5. The van der Waals surface area contributed by atoms with Gasteiger partial charge in [0.05, 0.1) is 24.5 Å². The molecule has 1 aliphatic rings. The van der Waals surface area contributed by atoms with Gasteiger partial charge in [0.2, 0.25) is 0 Å². The molecule has 1 fully saturated rings. The summed E-state index contributed by atoms with van der Waals surface area (Å²) in [7, 11) is 0. The van der Waals surface area contributed by atoms with E-state index < -0.39 is 0 Å². The maximum atomic E-state index is 9.74. The van der Waals surface area contributed by atoms with Gasteiger partial charge in [0, 0.05) is 23.8 Å². The van der Waals surface area contributed by atoms with Crippen LogP contribution in [0.1, 0.15) is 29.2 Å². The van der Waals surface area contributed by atoms with Crippen molar-refractivity contribution < 1.29 is 9.52 Å². The molecule has 0 spiro atoms. The second-order valence-corrected chi connectivity index (χ2v) is 7.54. The molecule has 3 aromatic heterocycles. The molecule has 0 amide bonds. The summed E-state index contributed by atoms with van der Waals surface area (Å²) >= 11 is 5.74. The average Bonchev–Trinajstić information content (AvgIpc) is 3.50. The highest BCUT2D eigenvalue weighted by atomic mass is 32.1. The molecule has 4 aromatic rings. The average molecular weight is 417 g/mol. The quantitative estimate of drug-likeness (QED) is 0.470. The van der Waals surface area contributed by atoms with Gasteiger partial charge in [-0.3, -0.25) is 4.98 Å². The van der Waals surface area contributed by atoms with Gasteiger partial charge in [0.15, 0.2) is 5.11 Å². The van der Waals surface area contributed by atoms with Gasteiger partial charge in [0.1, 0.15) is 17.6 Å². The Morgan fingerprint density at radius 3 is 2.63 bits per heavy atom. The minimum absolute atomic E-state index is 0.123. The molecular weight excluding hydrogens is 396 g/mol. The molecule has 0 unspecified atom stereocenters. The molecule has 1 aliphatic heterocycles. The molecule has 0 saturated carbocycles. The molecule has 0 bridgehead atoms. The Hall–Kier alpha value is -3.58. The molecule has 1 saturated heterocycles. The number of rotatable bonds is 5. The molecule has 0 aliphatic carbocycles. The monoisotopic (exact) mass is 416 g/mol. The molecular formula is C23H20N4O2S. The van der Waals surface area contributed by atoms with Crippen molar-refractivity contribution in [1.29, 1.82) is 0 Å². The van der Waals surface area contributed by atoms with E-state index in [4.69, 9.17) is 16.6 Å². The smallest absolute Gasteiger partial charge is 0.174 e. The molecule has 4 heterocycles. The maximum absolute atomic E-state index is 9.74. The van der Waals surface area contributed by atoms with Gasteiger partial charge in [-0.05, 0) is 72.9 Å².